The van der Waals surface area contributed by atoms with Crippen LogP contribution in [0.2, 0.25) is 0 Å². The molecule has 0 saturated carbocycles. The van der Waals surface area contributed by atoms with Gasteiger partial charge in [-0.15, -0.1) is 0 Å². The molecular weight excluding hydrogens is 156 g/mol. The lowest BCUT2D eigenvalue weighted by atomic mass is 10.2. The molecule has 0 saturated heterocycles. The lowest BCUT2D eigenvalue weighted by molar-refractivity contribution is 0.181. The highest BCUT2D eigenvalue weighted by atomic mass is 16.4. The molecule has 0 aliphatic heterocycles. The van der Waals surface area contributed by atoms with E-state index >= 15 is 0 Å². The van der Waals surface area contributed by atoms with Crippen LogP contribution in [0.15, 0.2) is 35.2 Å². The molecule has 0 radical (unpaired) electrons. The zero-order valence-electron chi connectivity index (χ0n) is 6.27. The van der Waals surface area contributed by atoms with E-state index in [1.807, 2.05) is 0 Å². The van der Waals surface area contributed by atoms with Gasteiger partial charge >= 0.3 is 0 Å². The van der Waals surface area contributed by atoms with Crippen molar-refractivity contribution in [2.24, 2.45) is 0 Å². The molecule has 0 unspecified atom stereocenters. The summed E-state index contributed by atoms with van der Waals surface area (Å²) in [6.45, 7) is 0. The number of hydrogen-bond donors (Lipinski definition) is 2. The van der Waals surface area contributed by atoms with Crippen LogP contribution in [0.5, 0.6) is 0 Å². The second-order valence-electron chi connectivity index (χ2n) is 2.39. The zero-order chi connectivity index (χ0) is 8.39. The lowest BCUT2D eigenvalue weighted by Crippen LogP contribution is -1.99. The molecule has 0 amide bonds. The van der Waals surface area contributed by atoms with E-state index in [2.05, 4.69) is 9.97 Å². The molecule has 2 N–H and O–H groups in total. The van der Waals surface area contributed by atoms with Crippen molar-refractivity contribution in [2.45, 2.75) is 6.10 Å². The second-order valence-corrected chi connectivity index (χ2v) is 2.39. The maximum atomic E-state index is 9.58. The normalized spacial score (nSPS) is 13.1. The van der Waals surface area contributed by atoms with E-state index in [0.717, 1.165) is 0 Å². The Kier molecular flexibility index (Phi) is 1.68. The van der Waals surface area contributed by atoms with Crippen LogP contribution >= 0.6 is 0 Å². The fourth-order valence-corrected chi connectivity index (χ4v) is 1.01. The molecule has 62 valence electrons. The zero-order valence-corrected chi connectivity index (χ0v) is 6.27. The van der Waals surface area contributed by atoms with E-state index in [0.29, 0.717) is 11.6 Å². The van der Waals surface area contributed by atoms with Crippen LogP contribution < -0.4 is 0 Å². The number of rotatable bonds is 2. The van der Waals surface area contributed by atoms with E-state index in [4.69, 9.17) is 4.42 Å². The largest absolute Gasteiger partial charge is 0.466 e. The predicted octanol–water partition coefficient (Wildman–Crippen LogP) is 1.08. The Morgan fingerprint density at radius 3 is 3.08 bits per heavy atom. The summed E-state index contributed by atoms with van der Waals surface area (Å²) >= 11 is 0. The molecule has 0 spiro atoms. The van der Waals surface area contributed by atoms with Gasteiger partial charge in [-0.1, -0.05) is 0 Å². The molecule has 4 heteroatoms. The van der Waals surface area contributed by atoms with Gasteiger partial charge in [-0.3, -0.25) is 0 Å². The molecule has 0 fully saturated rings. The lowest BCUT2D eigenvalue weighted by Gasteiger charge is -2.02. The van der Waals surface area contributed by atoms with E-state index in [1.54, 1.807) is 24.5 Å². The summed E-state index contributed by atoms with van der Waals surface area (Å²) in [5, 5.41) is 9.58. The number of hydrogen-bond acceptors (Lipinski definition) is 3. The number of imidazole rings is 1. The van der Waals surface area contributed by atoms with Crippen molar-refractivity contribution in [2.75, 3.05) is 0 Å². The molecule has 12 heavy (non-hydrogen) atoms. The van der Waals surface area contributed by atoms with E-state index < -0.39 is 6.10 Å². The first-order valence-electron chi connectivity index (χ1n) is 3.58. The van der Waals surface area contributed by atoms with E-state index in [-0.39, 0.29) is 0 Å². The minimum absolute atomic E-state index is 0.491. The number of furan rings is 1. The summed E-state index contributed by atoms with van der Waals surface area (Å²) in [4.78, 5) is 6.71. The van der Waals surface area contributed by atoms with Crippen LogP contribution in [0, 0.1) is 0 Å². The third kappa shape index (κ3) is 1.12. The molecule has 2 aromatic heterocycles. The molecular formula is C8H8N2O2. The third-order valence-corrected chi connectivity index (χ3v) is 1.59. The van der Waals surface area contributed by atoms with Crippen molar-refractivity contribution in [3.8, 4) is 0 Å². The highest BCUT2D eigenvalue weighted by Gasteiger charge is 2.14. The summed E-state index contributed by atoms with van der Waals surface area (Å²) < 4.78 is 5.01. The highest BCUT2D eigenvalue weighted by Crippen LogP contribution is 2.17. The maximum Gasteiger partial charge on any atom is 0.169 e. The molecule has 2 rings (SSSR count). The standard InChI is InChI=1S/C8H8N2O2/c11-7(6-2-1-5-12-6)8-9-3-4-10-8/h1-5,7,11H,(H,9,10)/t7-/m0/s1. The van der Waals surface area contributed by atoms with Crippen LogP contribution in [0.3, 0.4) is 0 Å². The fourth-order valence-electron chi connectivity index (χ4n) is 1.01. The molecule has 0 bridgehead atoms. The summed E-state index contributed by atoms with van der Waals surface area (Å²) in [6, 6.07) is 3.43. The number of nitrogens with one attached hydrogen (secondary N) is 1. The number of aromatic nitrogens is 2. The smallest absolute Gasteiger partial charge is 0.169 e. The Bertz CT molecular complexity index is 292. The molecule has 0 aromatic carbocycles. The number of aromatic amines is 1. The van der Waals surface area contributed by atoms with Crippen LogP contribution in [0.4, 0.5) is 0 Å². The van der Waals surface area contributed by atoms with Crippen molar-refractivity contribution in [1.82, 2.24) is 9.97 Å². The predicted molar refractivity (Wildman–Crippen MR) is 41.4 cm³/mol. The van der Waals surface area contributed by atoms with Gasteiger partial charge in [0.1, 0.15) is 11.6 Å². The Hall–Kier alpha value is -1.55. The topological polar surface area (TPSA) is 62.1 Å². The number of aliphatic hydroxyl groups excluding tert-OH is 1. The molecule has 2 aromatic rings. The van der Waals surface area contributed by atoms with Crippen molar-refractivity contribution in [1.29, 1.82) is 0 Å². The minimum atomic E-state index is -0.796. The highest BCUT2D eigenvalue weighted by molar-refractivity contribution is 5.10. The third-order valence-electron chi connectivity index (χ3n) is 1.59. The van der Waals surface area contributed by atoms with Crippen LogP contribution in [-0.4, -0.2) is 15.1 Å². The fraction of sp³-hybridized carbons (Fsp3) is 0.125. The van der Waals surface area contributed by atoms with Gasteiger partial charge < -0.3 is 14.5 Å². The first-order valence-corrected chi connectivity index (χ1v) is 3.58. The number of H-pyrrole nitrogens is 1. The molecule has 0 aliphatic carbocycles. The first kappa shape index (κ1) is 7.12. The summed E-state index contributed by atoms with van der Waals surface area (Å²) in [6.07, 6.45) is 3.96. The van der Waals surface area contributed by atoms with Crippen LogP contribution in [0.25, 0.3) is 0 Å². The van der Waals surface area contributed by atoms with Crippen molar-refractivity contribution in [3.05, 3.63) is 42.4 Å². The van der Waals surface area contributed by atoms with Crippen LogP contribution in [0.1, 0.15) is 17.7 Å². The summed E-state index contributed by atoms with van der Waals surface area (Å²) in [7, 11) is 0. The minimum Gasteiger partial charge on any atom is -0.466 e. The molecule has 0 aliphatic rings. The van der Waals surface area contributed by atoms with Gasteiger partial charge in [0.05, 0.1) is 6.26 Å². The van der Waals surface area contributed by atoms with Gasteiger partial charge in [0.2, 0.25) is 0 Å². The Morgan fingerprint density at radius 1 is 1.58 bits per heavy atom. The SMILES string of the molecule is O[C@H](c1ncc[nH]1)c1ccco1. The molecule has 2 heterocycles. The van der Waals surface area contributed by atoms with Gasteiger partial charge in [-0.2, -0.15) is 0 Å². The van der Waals surface area contributed by atoms with E-state index in [1.165, 1.54) is 6.26 Å². The maximum absolute atomic E-state index is 9.58. The number of nitrogens with zero attached hydrogens (tertiary/aromatic N) is 1. The number of aliphatic hydroxyl groups is 1. The van der Waals surface area contributed by atoms with Crippen molar-refractivity contribution < 1.29 is 9.52 Å². The summed E-state index contributed by atoms with van der Waals surface area (Å²) in [5.74, 6) is 0.981. The quantitative estimate of drug-likeness (QED) is 0.698. The average molecular weight is 164 g/mol. The Labute approximate surface area is 68.9 Å². The van der Waals surface area contributed by atoms with Gasteiger partial charge in [0.25, 0.3) is 0 Å². The Balaban J connectivity index is 2.27. The average Bonchev–Trinajstić information content (AvgIpc) is 2.77. The van der Waals surface area contributed by atoms with Crippen molar-refractivity contribution >= 4 is 0 Å². The van der Waals surface area contributed by atoms with Gasteiger partial charge in [-0.25, -0.2) is 4.98 Å². The summed E-state index contributed by atoms with van der Waals surface area (Å²) in [5.41, 5.74) is 0. The van der Waals surface area contributed by atoms with Crippen LogP contribution in [-0.2, 0) is 0 Å². The van der Waals surface area contributed by atoms with Gasteiger partial charge in [-0.05, 0) is 12.1 Å². The molecule has 1 atom stereocenters. The molecule has 4 nitrogen and oxygen atoms in total. The first-order chi connectivity index (χ1) is 5.88. The second kappa shape index (κ2) is 2.83. The van der Waals surface area contributed by atoms with E-state index in [9.17, 15) is 5.11 Å². The monoisotopic (exact) mass is 164 g/mol. The van der Waals surface area contributed by atoms with Gasteiger partial charge in [0.15, 0.2) is 6.10 Å². The Morgan fingerprint density at radius 2 is 2.50 bits per heavy atom. The van der Waals surface area contributed by atoms with Gasteiger partial charge in [0, 0.05) is 12.4 Å². The van der Waals surface area contributed by atoms with Crippen molar-refractivity contribution in [3.63, 3.8) is 0 Å².